The lowest BCUT2D eigenvalue weighted by molar-refractivity contribution is -0.130. The number of likely N-dealkylation sites (tertiary alicyclic amines) is 1. The topological polar surface area (TPSA) is 107 Å². The van der Waals surface area contributed by atoms with Crippen LogP contribution in [0.4, 0.5) is 5.82 Å². The van der Waals surface area contributed by atoms with Crippen molar-refractivity contribution >= 4 is 17.6 Å². The van der Waals surface area contributed by atoms with E-state index in [-0.39, 0.29) is 29.2 Å². The van der Waals surface area contributed by atoms with E-state index in [0.717, 1.165) is 19.4 Å². The number of hydroxylamine groups is 1. The Morgan fingerprint density at radius 2 is 2.10 bits per heavy atom. The van der Waals surface area contributed by atoms with Crippen LogP contribution in [0, 0.1) is 17.3 Å². The van der Waals surface area contributed by atoms with Gasteiger partial charge in [0.15, 0.2) is 0 Å². The Kier molecular flexibility index (Phi) is 6.10. The molecule has 158 valence electrons. The van der Waals surface area contributed by atoms with E-state index in [9.17, 15) is 9.59 Å². The number of amides is 2. The second-order valence-corrected chi connectivity index (χ2v) is 9.22. The highest BCUT2D eigenvalue weighted by atomic mass is 16.5. The van der Waals surface area contributed by atoms with Crippen LogP contribution in [0.1, 0.15) is 57.8 Å². The van der Waals surface area contributed by atoms with Crippen molar-refractivity contribution in [3.8, 4) is 0 Å². The van der Waals surface area contributed by atoms with Crippen LogP contribution in [-0.4, -0.2) is 51.0 Å². The van der Waals surface area contributed by atoms with Crippen molar-refractivity contribution in [3.05, 3.63) is 18.6 Å². The van der Waals surface area contributed by atoms with E-state index in [0.29, 0.717) is 24.7 Å². The zero-order valence-electron chi connectivity index (χ0n) is 16.8. The van der Waals surface area contributed by atoms with Gasteiger partial charge in [-0.05, 0) is 49.0 Å². The lowest BCUT2D eigenvalue weighted by atomic mass is 9.90. The molecule has 2 atom stereocenters. The van der Waals surface area contributed by atoms with Crippen molar-refractivity contribution in [1.29, 1.82) is 0 Å². The highest BCUT2D eigenvalue weighted by Gasteiger charge is 2.54. The summed E-state index contributed by atoms with van der Waals surface area (Å²) in [6, 6.07) is 1.49. The van der Waals surface area contributed by atoms with E-state index < -0.39 is 0 Å². The summed E-state index contributed by atoms with van der Waals surface area (Å²) >= 11 is 0. The molecule has 0 aromatic carbocycles. The van der Waals surface area contributed by atoms with Gasteiger partial charge in [-0.25, -0.2) is 15.4 Å². The Morgan fingerprint density at radius 3 is 2.76 bits per heavy atom. The van der Waals surface area contributed by atoms with E-state index in [4.69, 9.17) is 5.21 Å². The fraction of sp³-hybridized carbons (Fsp3) is 0.714. The third kappa shape index (κ3) is 5.11. The summed E-state index contributed by atoms with van der Waals surface area (Å²) in [6.45, 7) is 1.63. The largest absolute Gasteiger partial charge is 0.309 e. The van der Waals surface area contributed by atoms with Gasteiger partial charge in [0.25, 0.3) is 0 Å². The number of nitrogens with zero attached hydrogens (tertiary/aromatic N) is 3. The fourth-order valence-corrected chi connectivity index (χ4v) is 5.29. The summed E-state index contributed by atoms with van der Waals surface area (Å²) in [5, 5.41) is 11.9. The zero-order valence-corrected chi connectivity index (χ0v) is 16.8. The van der Waals surface area contributed by atoms with Gasteiger partial charge in [0.2, 0.25) is 11.8 Å². The minimum Gasteiger partial charge on any atom is -0.309 e. The van der Waals surface area contributed by atoms with Gasteiger partial charge in [-0.15, -0.1) is 0 Å². The van der Waals surface area contributed by atoms with Crippen molar-refractivity contribution < 1.29 is 14.8 Å². The van der Waals surface area contributed by atoms with E-state index in [1.165, 1.54) is 44.9 Å². The monoisotopic (exact) mass is 401 g/mol. The van der Waals surface area contributed by atoms with Crippen LogP contribution < -0.4 is 10.8 Å². The molecule has 1 aliphatic heterocycles. The zero-order chi connectivity index (χ0) is 20.3. The molecule has 1 aromatic heterocycles. The number of hydrogen-bond donors (Lipinski definition) is 3. The molecule has 0 bridgehead atoms. The molecule has 3 fully saturated rings. The summed E-state index contributed by atoms with van der Waals surface area (Å²) in [6.07, 6.45) is 12.5. The van der Waals surface area contributed by atoms with Gasteiger partial charge in [0, 0.05) is 25.7 Å². The maximum absolute atomic E-state index is 13.0. The van der Waals surface area contributed by atoms with Crippen molar-refractivity contribution in [2.24, 2.45) is 17.3 Å². The maximum atomic E-state index is 13.0. The number of nitrogens with one attached hydrogen (secondary N) is 2. The van der Waals surface area contributed by atoms with Gasteiger partial charge < -0.3 is 5.32 Å². The van der Waals surface area contributed by atoms with Crippen molar-refractivity contribution in [2.45, 2.75) is 63.8 Å². The molecule has 4 rings (SSSR count). The van der Waals surface area contributed by atoms with Gasteiger partial charge in [-0.3, -0.25) is 19.7 Å². The minimum atomic E-state index is -0.338. The molecule has 3 N–H and O–H groups in total. The number of carbonyl (C=O) groups excluding carboxylic acids is 2. The smallest absolute Gasteiger partial charge is 0.243 e. The van der Waals surface area contributed by atoms with E-state index in [1.807, 2.05) is 0 Å². The first kappa shape index (κ1) is 20.2. The Hall–Kier alpha value is -2.06. The van der Waals surface area contributed by atoms with Crippen molar-refractivity contribution in [2.75, 3.05) is 18.4 Å². The molecule has 8 heteroatoms. The SMILES string of the molecule is O=C(CC(CC1CCCC1)CN1CC2(CC2)C[C@H]1C(=O)Nc1ccncn1)NO. The van der Waals surface area contributed by atoms with E-state index in [2.05, 4.69) is 20.2 Å². The van der Waals surface area contributed by atoms with Crippen LogP contribution in [0.25, 0.3) is 0 Å². The highest BCUT2D eigenvalue weighted by molar-refractivity contribution is 5.94. The maximum Gasteiger partial charge on any atom is 0.243 e. The predicted molar refractivity (Wildman–Crippen MR) is 107 cm³/mol. The van der Waals surface area contributed by atoms with Crippen molar-refractivity contribution in [1.82, 2.24) is 20.3 Å². The first-order valence-corrected chi connectivity index (χ1v) is 10.8. The normalized spacial score (nSPS) is 24.5. The average Bonchev–Trinajstić information content (AvgIpc) is 3.11. The third-order valence-electron chi connectivity index (χ3n) is 6.93. The highest BCUT2D eigenvalue weighted by Crippen LogP contribution is 2.55. The molecule has 2 saturated carbocycles. The van der Waals surface area contributed by atoms with Crippen LogP contribution in [0.5, 0.6) is 0 Å². The minimum absolute atomic E-state index is 0.0290. The number of carbonyl (C=O) groups is 2. The van der Waals surface area contributed by atoms with Gasteiger partial charge in [-0.2, -0.15) is 0 Å². The molecule has 1 aromatic rings. The summed E-state index contributed by atoms with van der Waals surface area (Å²) < 4.78 is 0. The Balaban J connectivity index is 1.43. The quantitative estimate of drug-likeness (QED) is 0.456. The Labute approximate surface area is 171 Å². The third-order valence-corrected chi connectivity index (χ3v) is 6.93. The Bertz CT molecular complexity index is 718. The molecular weight excluding hydrogens is 370 g/mol. The molecule has 3 aliphatic rings. The standard InChI is InChI=1S/C21H31N5O3/c27-19(25-29)10-16(9-15-3-1-2-4-15)12-26-13-21(6-7-21)11-17(26)20(28)24-18-5-8-22-14-23-18/h5,8,14-17,29H,1-4,6-7,9-13H2,(H,25,27)(H,22,23,24,28)/t16?,17-/m0/s1. The van der Waals surface area contributed by atoms with E-state index in [1.54, 1.807) is 17.7 Å². The molecular formula is C21H31N5O3. The molecule has 0 radical (unpaired) electrons. The van der Waals surface area contributed by atoms with Crippen LogP contribution in [-0.2, 0) is 9.59 Å². The number of rotatable bonds is 8. The number of anilines is 1. The van der Waals surface area contributed by atoms with Crippen molar-refractivity contribution in [3.63, 3.8) is 0 Å². The average molecular weight is 402 g/mol. The van der Waals surface area contributed by atoms with Gasteiger partial charge >= 0.3 is 0 Å². The fourth-order valence-electron chi connectivity index (χ4n) is 5.29. The molecule has 1 unspecified atom stereocenters. The summed E-state index contributed by atoms with van der Waals surface area (Å²) in [5.41, 5.74) is 2.06. The molecule has 29 heavy (non-hydrogen) atoms. The van der Waals surface area contributed by atoms with Crippen LogP contribution >= 0.6 is 0 Å². The molecule has 2 aliphatic carbocycles. The van der Waals surface area contributed by atoms with Crippen LogP contribution in [0.15, 0.2) is 18.6 Å². The second-order valence-electron chi connectivity index (χ2n) is 9.22. The predicted octanol–water partition coefficient (Wildman–Crippen LogP) is 2.36. The summed E-state index contributed by atoms with van der Waals surface area (Å²) in [7, 11) is 0. The second kappa shape index (κ2) is 8.75. The summed E-state index contributed by atoms with van der Waals surface area (Å²) in [4.78, 5) is 35.2. The number of aromatic nitrogens is 2. The molecule has 2 amide bonds. The lowest BCUT2D eigenvalue weighted by Gasteiger charge is -2.29. The van der Waals surface area contributed by atoms with Gasteiger partial charge in [0.05, 0.1) is 6.04 Å². The summed E-state index contributed by atoms with van der Waals surface area (Å²) in [5.74, 6) is 0.948. The van der Waals surface area contributed by atoms with E-state index >= 15 is 0 Å². The first-order valence-electron chi connectivity index (χ1n) is 10.8. The van der Waals surface area contributed by atoms with Gasteiger partial charge in [-0.1, -0.05) is 25.7 Å². The molecule has 1 saturated heterocycles. The number of hydrogen-bond acceptors (Lipinski definition) is 6. The molecule has 2 heterocycles. The van der Waals surface area contributed by atoms with Crippen LogP contribution in [0.2, 0.25) is 0 Å². The Morgan fingerprint density at radius 1 is 1.31 bits per heavy atom. The lowest BCUT2D eigenvalue weighted by Crippen LogP contribution is -2.43. The molecule has 8 nitrogen and oxygen atoms in total. The van der Waals surface area contributed by atoms with Crippen LogP contribution in [0.3, 0.4) is 0 Å². The molecule has 1 spiro atoms. The first-order chi connectivity index (χ1) is 14.1. The van der Waals surface area contributed by atoms with Gasteiger partial charge in [0.1, 0.15) is 12.1 Å².